The molecule has 4 unspecified atom stereocenters. The number of aliphatic hydroxyl groups excluding tert-OH is 3. The van der Waals surface area contributed by atoms with E-state index >= 15 is 0 Å². The van der Waals surface area contributed by atoms with Gasteiger partial charge in [-0.25, -0.2) is 0 Å². The van der Waals surface area contributed by atoms with Crippen molar-refractivity contribution in [1.29, 1.82) is 0 Å². The van der Waals surface area contributed by atoms with Crippen molar-refractivity contribution in [2.75, 3.05) is 6.61 Å². The van der Waals surface area contributed by atoms with Crippen LogP contribution < -0.4 is 5.32 Å². The van der Waals surface area contributed by atoms with Crippen molar-refractivity contribution < 1.29 is 24.9 Å². The number of nitrogens with zero attached hydrogens (tertiary/aromatic N) is 1. The minimum atomic E-state index is -1.68. The molecule has 0 aromatic rings. The molecule has 0 radical (unpaired) electrons. The van der Waals surface area contributed by atoms with E-state index in [0.29, 0.717) is 0 Å². The van der Waals surface area contributed by atoms with E-state index in [-0.39, 0.29) is 11.7 Å². The SMILES string of the molecule is C#CC1(CO)OC(N2C=CC(=O)NC2=C)C(O)C1O. The lowest BCUT2D eigenvalue weighted by molar-refractivity contribution is -0.120. The summed E-state index contributed by atoms with van der Waals surface area (Å²) in [6.45, 7) is 2.96. The summed E-state index contributed by atoms with van der Waals surface area (Å²) in [6, 6.07) is 0. The van der Waals surface area contributed by atoms with Gasteiger partial charge in [-0.15, -0.1) is 6.42 Å². The summed E-state index contributed by atoms with van der Waals surface area (Å²) >= 11 is 0. The number of amides is 1. The molecule has 2 aliphatic rings. The van der Waals surface area contributed by atoms with Gasteiger partial charge in [0.05, 0.1) is 6.61 Å². The van der Waals surface area contributed by atoms with Crippen LogP contribution in [0.3, 0.4) is 0 Å². The molecule has 7 nitrogen and oxygen atoms in total. The third-order valence-electron chi connectivity index (χ3n) is 3.14. The lowest BCUT2D eigenvalue weighted by atomic mass is 9.97. The lowest BCUT2D eigenvalue weighted by Gasteiger charge is -2.32. The molecule has 0 bridgehead atoms. The lowest BCUT2D eigenvalue weighted by Crippen LogP contribution is -2.46. The number of nitrogens with one attached hydrogen (secondary N) is 1. The molecule has 0 saturated carbocycles. The Morgan fingerprint density at radius 2 is 2.32 bits per heavy atom. The molecule has 102 valence electrons. The van der Waals surface area contributed by atoms with E-state index in [4.69, 9.17) is 11.2 Å². The van der Waals surface area contributed by atoms with Crippen LogP contribution in [0.5, 0.6) is 0 Å². The molecule has 2 aliphatic heterocycles. The van der Waals surface area contributed by atoms with Crippen LogP contribution in [0.1, 0.15) is 0 Å². The number of hydrogen-bond donors (Lipinski definition) is 4. The number of carbonyl (C=O) groups is 1. The third kappa shape index (κ3) is 2.01. The highest BCUT2D eigenvalue weighted by molar-refractivity contribution is 5.89. The second-order valence-electron chi connectivity index (χ2n) is 4.29. The summed E-state index contributed by atoms with van der Waals surface area (Å²) in [5.74, 6) is 1.96. The van der Waals surface area contributed by atoms with Gasteiger partial charge in [0.25, 0.3) is 5.91 Å². The zero-order valence-corrected chi connectivity index (χ0v) is 9.98. The molecule has 1 fully saturated rings. The number of hydrogen-bond acceptors (Lipinski definition) is 6. The third-order valence-corrected chi connectivity index (χ3v) is 3.14. The molecule has 4 atom stereocenters. The number of aliphatic hydroxyl groups is 3. The average Bonchev–Trinajstić information content (AvgIpc) is 2.64. The molecule has 0 spiro atoms. The summed E-state index contributed by atoms with van der Waals surface area (Å²) in [4.78, 5) is 12.4. The zero-order valence-electron chi connectivity index (χ0n) is 9.98. The van der Waals surface area contributed by atoms with E-state index in [0.717, 1.165) is 0 Å². The molecule has 19 heavy (non-hydrogen) atoms. The van der Waals surface area contributed by atoms with Crippen molar-refractivity contribution in [2.45, 2.75) is 24.0 Å². The molecule has 0 aromatic heterocycles. The number of rotatable bonds is 2. The van der Waals surface area contributed by atoms with E-state index in [1.165, 1.54) is 17.2 Å². The predicted octanol–water partition coefficient (Wildman–Crippen LogP) is -2.15. The van der Waals surface area contributed by atoms with Crippen LogP contribution in [0, 0.1) is 12.3 Å². The average molecular weight is 266 g/mol. The van der Waals surface area contributed by atoms with Crippen molar-refractivity contribution in [3.05, 3.63) is 24.7 Å². The van der Waals surface area contributed by atoms with Gasteiger partial charge in [-0.1, -0.05) is 12.5 Å². The first-order valence-electron chi connectivity index (χ1n) is 5.54. The van der Waals surface area contributed by atoms with Crippen molar-refractivity contribution in [2.24, 2.45) is 0 Å². The van der Waals surface area contributed by atoms with Gasteiger partial charge in [-0.3, -0.25) is 4.79 Å². The highest BCUT2D eigenvalue weighted by Gasteiger charge is 2.55. The minimum absolute atomic E-state index is 0.175. The van der Waals surface area contributed by atoms with Crippen LogP contribution in [0.25, 0.3) is 0 Å². The quantitative estimate of drug-likeness (QED) is 0.425. The number of ether oxygens (including phenoxy) is 1. The fourth-order valence-corrected chi connectivity index (χ4v) is 2.03. The first-order chi connectivity index (χ1) is 8.95. The number of carbonyl (C=O) groups excluding carboxylic acids is 1. The smallest absolute Gasteiger partial charge is 0.250 e. The van der Waals surface area contributed by atoms with Gasteiger partial charge in [-0.2, -0.15) is 0 Å². The molecule has 0 aromatic carbocycles. The summed E-state index contributed by atoms with van der Waals surface area (Å²) in [5, 5.41) is 31.6. The molecule has 2 rings (SSSR count). The molecule has 2 heterocycles. The topological polar surface area (TPSA) is 102 Å². The Morgan fingerprint density at radius 1 is 1.63 bits per heavy atom. The van der Waals surface area contributed by atoms with Crippen LogP contribution in [-0.4, -0.2) is 56.8 Å². The van der Waals surface area contributed by atoms with Crippen molar-refractivity contribution >= 4 is 5.91 Å². The van der Waals surface area contributed by atoms with Crippen LogP contribution in [0.2, 0.25) is 0 Å². The Hall–Kier alpha value is -1.85. The van der Waals surface area contributed by atoms with Gasteiger partial charge in [-0.05, 0) is 0 Å². The molecule has 1 amide bonds. The van der Waals surface area contributed by atoms with Gasteiger partial charge >= 0.3 is 0 Å². The summed E-state index contributed by atoms with van der Waals surface area (Å²) in [7, 11) is 0. The van der Waals surface area contributed by atoms with E-state index in [2.05, 4.69) is 17.8 Å². The van der Waals surface area contributed by atoms with Crippen LogP contribution in [0.15, 0.2) is 24.7 Å². The predicted molar refractivity (Wildman–Crippen MR) is 63.8 cm³/mol. The van der Waals surface area contributed by atoms with Crippen LogP contribution >= 0.6 is 0 Å². The molecule has 4 N–H and O–H groups in total. The van der Waals surface area contributed by atoms with E-state index in [9.17, 15) is 20.1 Å². The maximum Gasteiger partial charge on any atom is 0.250 e. The Kier molecular flexibility index (Phi) is 3.34. The Morgan fingerprint density at radius 3 is 2.79 bits per heavy atom. The van der Waals surface area contributed by atoms with Crippen molar-refractivity contribution in [1.82, 2.24) is 10.2 Å². The minimum Gasteiger partial charge on any atom is -0.392 e. The normalized spacial score (nSPS) is 38.2. The standard InChI is InChI=1S/C12H14N2O5/c1-3-12(6-15)10(18)9(17)11(19-12)14-5-4-8(16)13-7(14)2/h1,4-5,9-11,15,17-18H,2,6H2,(H,13,16). The Labute approximate surface area is 109 Å². The van der Waals surface area contributed by atoms with Crippen molar-refractivity contribution in [3.8, 4) is 12.3 Å². The van der Waals surface area contributed by atoms with Gasteiger partial charge in [0.1, 0.15) is 18.0 Å². The Bertz CT molecular complexity index is 483. The van der Waals surface area contributed by atoms with E-state index < -0.39 is 30.6 Å². The van der Waals surface area contributed by atoms with Gasteiger partial charge in [0.15, 0.2) is 11.8 Å². The highest BCUT2D eigenvalue weighted by atomic mass is 16.6. The fraction of sp³-hybridized carbons (Fsp3) is 0.417. The molecular formula is C12H14N2O5. The van der Waals surface area contributed by atoms with Crippen molar-refractivity contribution in [3.63, 3.8) is 0 Å². The summed E-state index contributed by atoms with van der Waals surface area (Å²) in [5.41, 5.74) is -1.68. The highest BCUT2D eigenvalue weighted by Crippen LogP contribution is 2.34. The van der Waals surface area contributed by atoms with E-state index in [1.807, 2.05) is 0 Å². The summed E-state index contributed by atoms with van der Waals surface area (Å²) in [6.07, 6.45) is 3.95. The molecule has 1 saturated heterocycles. The van der Waals surface area contributed by atoms with Gasteiger partial charge < -0.3 is 30.3 Å². The summed E-state index contributed by atoms with van der Waals surface area (Å²) < 4.78 is 5.39. The van der Waals surface area contributed by atoms with Crippen LogP contribution in [0.4, 0.5) is 0 Å². The maximum atomic E-state index is 11.1. The van der Waals surface area contributed by atoms with Gasteiger partial charge in [0, 0.05) is 12.3 Å². The second-order valence-corrected chi connectivity index (χ2v) is 4.29. The molecular weight excluding hydrogens is 252 g/mol. The monoisotopic (exact) mass is 266 g/mol. The Balaban J connectivity index is 2.28. The molecule has 7 heteroatoms. The maximum absolute atomic E-state index is 11.1. The molecule has 0 aliphatic carbocycles. The van der Waals surface area contributed by atoms with E-state index in [1.54, 1.807) is 0 Å². The second kappa shape index (κ2) is 4.68. The fourth-order valence-electron chi connectivity index (χ4n) is 2.03. The largest absolute Gasteiger partial charge is 0.392 e. The van der Waals surface area contributed by atoms with Gasteiger partial charge in [0.2, 0.25) is 0 Å². The van der Waals surface area contributed by atoms with Crippen LogP contribution in [-0.2, 0) is 9.53 Å². The first kappa shape index (κ1) is 13.6. The first-order valence-corrected chi connectivity index (χ1v) is 5.54. The number of terminal acetylenes is 1. The zero-order chi connectivity index (χ0) is 14.2.